The molecule has 1 heterocycles. The SMILES string of the molecule is Nc1c(S(=O)(=O)Cl)c[nH]c(=O)c1C(F)F. The number of hydrogen-bond donors (Lipinski definition) is 2. The number of anilines is 1. The number of rotatable bonds is 2. The Morgan fingerprint density at radius 2 is 2.00 bits per heavy atom. The molecular formula is C6H5ClF2N2O3S. The molecule has 84 valence electrons. The van der Waals surface area contributed by atoms with Gasteiger partial charge in [0, 0.05) is 16.9 Å². The molecule has 0 aliphatic rings. The van der Waals surface area contributed by atoms with Crippen LogP contribution in [-0.2, 0) is 9.05 Å². The van der Waals surface area contributed by atoms with Crippen LogP contribution < -0.4 is 11.3 Å². The number of nitrogens with one attached hydrogen (secondary N) is 1. The van der Waals surface area contributed by atoms with Crippen LogP contribution in [0.5, 0.6) is 0 Å². The van der Waals surface area contributed by atoms with E-state index < -0.39 is 37.2 Å². The summed E-state index contributed by atoms with van der Waals surface area (Å²) in [4.78, 5) is 12.0. The van der Waals surface area contributed by atoms with Crippen LogP contribution in [0.1, 0.15) is 12.0 Å². The first-order valence-corrected chi connectivity index (χ1v) is 5.80. The van der Waals surface area contributed by atoms with Gasteiger partial charge in [0.2, 0.25) is 0 Å². The second kappa shape index (κ2) is 3.78. The van der Waals surface area contributed by atoms with Crippen LogP contribution in [0.2, 0.25) is 0 Å². The minimum atomic E-state index is -4.26. The maximum absolute atomic E-state index is 12.3. The van der Waals surface area contributed by atoms with Crippen molar-refractivity contribution < 1.29 is 17.2 Å². The third-order valence-corrected chi connectivity index (χ3v) is 2.98. The first-order chi connectivity index (χ1) is 6.75. The van der Waals surface area contributed by atoms with Crippen LogP contribution in [-0.4, -0.2) is 13.4 Å². The Labute approximate surface area is 87.3 Å². The standard InChI is InChI=1S/C6H5ClF2N2O3S/c7-15(13,14)2-1-11-6(12)3(4(2)10)5(8)9/h1,5H,(H3,10,11,12). The van der Waals surface area contributed by atoms with Crippen LogP contribution in [0.15, 0.2) is 15.9 Å². The fourth-order valence-electron chi connectivity index (χ4n) is 0.960. The van der Waals surface area contributed by atoms with Gasteiger partial charge in [-0.2, -0.15) is 0 Å². The van der Waals surface area contributed by atoms with Gasteiger partial charge < -0.3 is 10.7 Å². The van der Waals surface area contributed by atoms with E-state index in [1.165, 1.54) is 0 Å². The zero-order valence-electron chi connectivity index (χ0n) is 7.00. The summed E-state index contributed by atoms with van der Waals surface area (Å²) in [6.45, 7) is 0. The van der Waals surface area contributed by atoms with Gasteiger partial charge >= 0.3 is 0 Å². The third kappa shape index (κ3) is 2.26. The van der Waals surface area contributed by atoms with Gasteiger partial charge in [0.1, 0.15) is 10.5 Å². The Hall–Kier alpha value is -1.15. The minimum Gasteiger partial charge on any atom is -0.397 e. The highest BCUT2D eigenvalue weighted by Gasteiger charge is 2.23. The van der Waals surface area contributed by atoms with E-state index in [2.05, 4.69) is 0 Å². The van der Waals surface area contributed by atoms with Gasteiger partial charge in [0.05, 0.1) is 5.69 Å². The van der Waals surface area contributed by atoms with Crippen molar-refractivity contribution >= 4 is 25.4 Å². The highest BCUT2D eigenvalue weighted by Crippen LogP contribution is 2.28. The summed E-state index contributed by atoms with van der Waals surface area (Å²) >= 11 is 0. The van der Waals surface area contributed by atoms with Crippen molar-refractivity contribution in [1.29, 1.82) is 0 Å². The summed E-state index contributed by atoms with van der Waals surface area (Å²) in [6, 6.07) is 0. The van der Waals surface area contributed by atoms with Crippen molar-refractivity contribution in [1.82, 2.24) is 4.98 Å². The molecule has 0 unspecified atom stereocenters. The summed E-state index contributed by atoms with van der Waals surface area (Å²) in [5, 5.41) is 0. The maximum Gasteiger partial charge on any atom is 0.271 e. The molecule has 5 nitrogen and oxygen atoms in total. The molecule has 0 saturated heterocycles. The van der Waals surface area contributed by atoms with E-state index in [0.717, 1.165) is 0 Å². The number of pyridine rings is 1. The number of halogens is 3. The summed E-state index contributed by atoms with van der Waals surface area (Å²) < 4.78 is 46.4. The van der Waals surface area contributed by atoms with Gasteiger partial charge in [-0.15, -0.1) is 0 Å². The molecule has 3 N–H and O–H groups in total. The maximum atomic E-state index is 12.3. The fourth-order valence-corrected chi connectivity index (χ4v) is 1.92. The van der Waals surface area contributed by atoms with E-state index in [4.69, 9.17) is 16.4 Å². The predicted octanol–water partition coefficient (Wildman–Crippen LogP) is 0.822. The average Bonchev–Trinajstić information content (AvgIpc) is 2.00. The topological polar surface area (TPSA) is 93.0 Å². The van der Waals surface area contributed by atoms with Gasteiger partial charge in [-0.05, 0) is 0 Å². The van der Waals surface area contributed by atoms with Crippen molar-refractivity contribution in [3.63, 3.8) is 0 Å². The first-order valence-electron chi connectivity index (χ1n) is 3.49. The summed E-state index contributed by atoms with van der Waals surface area (Å²) in [7, 11) is 0.656. The highest BCUT2D eigenvalue weighted by atomic mass is 35.7. The molecular weight excluding hydrogens is 254 g/mol. The Kier molecular flexibility index (Phi) is 3.00. The molecule has 0 atom stereocenters. The molecule has 1 rings (SSSR count). The summed E-state index contributed by atoms with van der Waals surface area (Å²) in [5.41, 5.74) is 2.03. The molecule has 9 heteroatoms. The fraction of sp³-hybridized carbons (Fsp3) is 0.167. The molecule has 0 aliphatic carbocycles. The predicted molar refractivity (Wildman–Crippen MR) is 49.5 cm³/mol. The van der Waals surface area contributed by atoms with E-state index in [-0.39, 0.29) is 0 Å². The number of nitrogen functional groups attached to an aromatic ring is 1. The third-order valence-electron chi connectivity index (χ3n) is 1.62. The van der Waals surface area contributed by atoms with Crippen molar-refractivity contribution in [2.24, 2.45) is 0 Å². The van der Waals surface area contributed by atoms with Crippen LogP contribution in [0.3, 0.4) is 0 Å². The zero-order chi connectivity index (χ0) is 11.8. The lowest BCUT2D eigenvalue weighted by Gasteiger charge is -2.06. The molecule has 15 heavy (non-hydrogen) atoms. The number of aromatic nitrogens is 1. The van der Waals surface area contributed by atoms with E-state index >= 15 is 0 Å². The lowest BCUT2D eigenvalue weighted by atomic mass is 10.2. The van der Waals surface area contributed by atoms with E-state index in [9.17, 15) is 22.0 Å². The quantitative estimate of drug-likeness (QED) is 0.768. The molecule has 0 aliphatic heterocycles. The summed E-state index contributed by atoms with van der Waals surface area (Å²) in [5.74, 6) is 0. The lowest BCUT2D eigenvalue weighted by molar-refractivity contribution is 0.150. The largest absolute Gasteiger partial charge is 0.397 e. The van der Waals surface area contributed by atoms with Crippen molar-refractivity contribution in [3.8, 4) is 0 Å². The number of H-pyrrole nitrogens is 1. The number of hydrogen-bond acceptors (Lipinski definition) is 4. The van der Waals surface area contributed by atoms with Gasteiger partial charge in [-0.25, -0.2) is 17.2 Å². The number of nitrogens with two attached hydrogens (primary N) is 1. The molecule has 1 aromatic heterocycles. The van der Waals surface area contributed by atoms with Gasteiger partial charge in [0.15, 0.2) is 0 Å². The number of aromatic amines is 1. The minimum absolute atomic E-state index is 0.672. The van der Waals surface area contributed by atoms with E-state index in [0.29, 0.717) is 6.20 Å². The molecule has 0 spiro atoms. The van der Waals surface area contributed by atoms with Crippen LogP contribution in [0, 0.1) is 0 Å². The average molecular weight is 259 g/mol. The summed E-state index contributed by atoms with van der Waals surface area (Å²) in [6.07, 6.45) is -2.50. The Bertz CT molecular complexity index is 540. The Morgan fingerprint density at radius 3 is 2.40 bits per heavy atom. The molecule has 0 bridgehead atoms. The van der Waals surface area contributed by atoms with Gasteiger partial charge in [-0.1, -0.05) is 0 Å². The van der Waals surface area contributed by atoms with Gasteiger partial charge in [-0.3, -0.25) is 4.79 Å². The van der Waals surface area contributed by atoms with E-state index in [1.807, 2.05) is 4.98 Å². The lowest BCUT2D eigenvalue weighted by Crippen LogP contribution is -2.18. The van der Waals surface area contributed by atoms with Crippen LogP contribution >= 0.6 is 10.7 Å². The van der Waals surface area contributed by atoms with Crippen molar-refractivity contribution in [2.45, 2.75) is 11.3 Å². The van der Waals surface area contributed by atoms with Crippen LogP contribution in [0.25, 0.3) is 0 Å². The molecule has 0 saturated carbocycles. The smallest absolute Gasteiger partial charge is 0.271 e. The first kappa shape index (κ1) is 11.9. The molecule has 0 fully saturated rings. The van der Waals surface area contributed by atoms with Crippen molar-refractivity contribution in [3.05, 3.63) is 22.1 Å². The number of alkyl halides is 2. The van der Waals surface area contributed by atoms with E-state index in [1.54, 1.807) is 0 Å². The second-order valence-electron chi connectivity index (χ2n) is 2.55. The molecule has 1 aromatic rings. The highest BCUT2D eigenvalue weighted by molar-refractivity contribution is 8.13. The Morgan fingerprint density at radius 1 is 1.47 bits per heavy atom. The normalized spacial score (nSPS) is 12.0. The second-order valence-corrected chi connectivity index (χ2v) is 5.08. The molecule has 0 radical (unpaired) electrons. The van der Waals surface area contributed by atoms with Crippen molar-refractivity contribution in [2.75, 3.05) is 5.73 Å². The zero-order valence-corrected chi connectivity index (χ0v) is 8.57. The molecule has 0 aromatic carbocycles. The Balaban J connectivity index is 3.64. The molecule has 0 amide bonds. The monoisotopic (exact) mass is 258 g/mol. The van der Waals surface area contributed by atoms with Crippen LogP contribution in [0.4, 0.5) is 14.5 Å². The van der Waals surface area contributed by atoms with Gasteiger partial charge in [0.25, 0.3) is 21.0 Å².